The van der Waals surface area contributed by atoms with Gasteiger partial charge in [0.25, 0.3) is 10.1 Å². The Bertz CT molecular complexity index is 618. The zero-order valence-corrected chi connectivity index (χ0v) is 20.4. The van der Waals surface area contributed by atoms with Crippen molar-refractivity contribution in [3.05, 3.63) is 0 Å². The lowest BCUT2D eigenvalue weighted by atomic mass is 9.68. The van der Waals surface area contributed by atoms with Crippen molar-refractivity contribution in [1.82, 2.24) is 0 Å². The number of carboxylic acids is 2. The molecule has 3 atom stereocenters. The zero-order valence-electron chi connectivity index (χ0n) is 19.6. The van der Waals surface area contributed by atoms with E-state index in [9.17, 15) is 32.8 Å². The van der Waals surface area contributed by atoms with E-state index < -0.39 is 40.0 Å². The van der Waals surface area contributed by atoms with Crippen molar-refractivity contribution in [3.8, 4) is 0 Å². The molecule has 12 heteroatoms. The Morgan fingerprint density at radius 1 is 0.844 bits per heavy atom. The smallest absolute Gasteiger partial charge is 0.481 e. The van der Waals surface area contributed by atoms with Crippen molar-refractivity contribution in [1.29, 1.82) is 0 Å². The van der Waals surface area contributed by atoms with Crippen molar-refractivity contribution >= 4 is 29.4 Å². The quantitative estimate of drug-likeness (QED) is 0.140. The van der Waals surface area contributed by atoms with Gasteiger partial charge in [-0.25, -0.2) is 0 Å². The predicted octanol–water partition coefficient (Wildman–Crippen LogP) is 2.56. The molecule has 0 fully saturated rings. The molecule has 0 aliphatic rings. The summed E-state index contributed by atoms with van der Waals surface area (Å²) in [5.74, 6) is -3.50. The Hall–Kier alpha value is -1.21. The van der Waals surface area contributed by atoms with Gasteiger partial charge in [-0.3, -0.25) is 14.1 Å². The molecule has 0 aromatic carbocycles. The van der Waals surface area contributed by atoms with Crippen LogP contribution in [0.1, 0.15) is 91.9 Å². The Morgan fingerprint density at radius 3 is 1.38 bits per heavy atom. The molecule has 3 unspecified atom stereocenters. The van der Waals surface area contributed by atoms with Gasteiger partial charge in [-0.05, 0) is 24.7 Å². The summed E-state index contributed by atoms with van der Waals surface area (Å²) >= 11 is 0. The Balaban J connectivity index is 0. The number of rotatable bonds is 16. The minimum Gasteiger partial charge on any atom is -0.481 e. The molecule has 190 valence electrons. The van der Waals surface area contributed by atoms with Crippen LogP contribution in [0.25, 0.3) is 0 Å². The maximum atomic E-state index is 12.4. The van der Waals surface area contributed by atoms with Crippen LogP contribution in [0.5, 0.6) is 0 Å². The molecular weight excluding hydrogens is 443 g/mol. The van der Waals surface area contributed by atoms with Crippen molar-refractivity contribution in [3.63, 3.8) is 0 Å². The van der Waals surface area contributed by atoms with E-state index >= 15 is 0 Å². The van der Waals surface area contributed by atoms with E-state index in [4.69, 9.17) is 15.1 Å². The first-order valence-electron chi connectivity index (χ1n) is 11.2. The molecule has 0 saturated heterocycles. The SMILES string of the molecule is CCCCC(CC)CC(CC(CC)CCCC)(C(=O)O)C(C(=O)O)S(=O)(=O)O.OB(O)O. The Labute approximate surface area is 192 Å². The standard InChI is InChI=1S/C20H38O7S.BH3O3/c1-5-9-11-15(7-3)13-20(19(23)24,14-16(8-4)12-10-6-2)17(18(21)22)28(25,26)27;2-1(3)4/h15-17H,5-14H2,1-4H3,(H,21,22)(H,23,24)(H,25,26,27);2-4H. The molecule has 0 aromatic heterocycles. The molecule has 10 nitrogen and oxygen atoms in total. The molecule has 32 heavy (non-hydrogen) atoms. The Kier molecular flexibility index (Phi) is 16.9. The molecular formula is C20H41BO10S. The average Bonchev–Trinajstić information content (AvgIpc) is 2.65. The number of hydrogen-bond donors (Lipinski definition) is 6. The van der Waals surface area contributed by atoms with Crippen LogP contribution in [-0.4, -0.2) is 62.8 Å². The number of unbranched alkanes of at least 4 members (excludes halogenated alkanes) is 2. The summed E-state index contributed by atoms with van der Waals surface area (Å²) in [6.45, 7) is 7.80. The van der Waals surface area contributed by atoms with Crippen molar-refractivity contribution in [2.45, 2.75) is 97.2 Å². The van der Waals surface area contributed by atoms with Crippen LogP contribution in [0, 0.1) is 17.3 Å². The molecule has 0 aliphatic heterocycles. The third-order valence-corrected chi connectivity index (χ3v) is 7.09. The van der Waals surface area contributed by atoms with Gasteiger partial charge in [0.1, 0.15) is 0 Å². The second kappa shape index (κ2) is 16.4. The number of aliphatic carboxylic acids is 2. The van der Waals surface area contributed by atoms with Crippen LogP contribution >= 0.6 is 0 Å². The summed E-state index contributed by atoms with van der Waals surface area (Å²) < 4.78 is 33.7. The van der Waals surface area contributed by atoms with E-state index in [0.29, 0.717) is 25.7 Å². The van der Waals surface area contributed by atoms with Crippen LogP contribution < -0.4 is 0 Å². The van der Waals surface area contributed by atoms with Gasteiger partial charge < -0.3 is 25.3 Å². The van der Waals surface area contributed by atoms with Crippen LogP contribution in [0.2, 0.25) is 0 Å². The monoisotopic (exact) mass is 484 g/mol. The third-order valence-electron chi connectivity index (χ3n) is 5.84. The summed E-state index contributed by atoms with van der Waals surface area (Å²) in [6, 6.07) is 0. The maximum Gasteiger partial charge on any atom is 0.631 e. The highest BCUT2D eigenvalue weighted by atomic mass is 32.2. The summed E-state index contributed by atoms with van der Waals surface area (Å²) in [5, 5.41) is 38.8. The minimum atomic E-state index is -5.10. The normalized spacial score (nSPS) is 16.1. The summed E-state index contributed by atoms with van der Waals surface area (Å²) in [7, 11) is -7.26. The second-order valence-electron chi connectivity index (χ2n) is 8.28. The van der Waals surface area contributed by atoms with Gasteiger partial charge in [-0.1, -0.05) is 79.1 Å². The molecule has 0 radical (unpaired) electrons. The fourth-order valence-electron chi connectivity index (χ4n) is 4.15. The molecule has 0 rings (SSSR count). The summed E-state index contributed by atoms with van der Waals surface area (Å²) in [4.78, 5) is 24.3. The fourth-order valence-corrected chi connectivity index (χ4v) is 5.27. The first-order chi connectivity index (χ1) is 14.7. The van der Waals surface area contributed by atoms with Gasteiger partial charge in [0, 0.05) is 0 Å². The van der Waals surface area contributed by atoms with E-state index in [1.165, 1.54) is 0 Å². The van der Waals surface area contributed by atoms with Gasteiger partial charge in [0.15, 0.2) is 5.25 Å². The first-order valence-corrected chi connectivity index (χ1v) is 12.7. The van der Waals surface area contributed by atoms with E-state index in [1.54, 1.807) is 0 Å². The first kappa shape index (κ1) is 33.0. The van der Waals surface area contributed by atoms with Gasteiger partial charge in [-0.2, -0.15) is 8.42 Å². The summed E-state index contributed by atoms with van der Waals surface area (Å²) in [5.41, 5.74) is -2.05. The fraction of sp³-hybridized carbons (Fsp3) is 0.900. The molecule has 0 heterocycles. The van der Waals surface area contributed by atoms with Crippen LogP contribution in [0.15, 0.2) is 0 Å². The van der Waals surface area contributed by atoms with E-state index in [0.717, 1.165) is 25.7 Å². The zero-order chi connectivity index (χ0) is 25.5. The van der Waals surface area contributed by atoms with Gasteiger partial charge in [-0.15, -0.1) is 0 Å². The van der Waals surface area contributed by atoms with Gasteiger partial charge in [0.2, 0.25) is 0 Å². The lowest BCUT2D eigenvalue weighted by molar-refractivity contribution is -0.158. The molecule has 0 bridgehead atoms. The van der Waals surface area contributed by atoms with Crippen molar-refractivity contribution in [2.75, 3.05) is 0 Å². The Morgan fingerprint density at radius 2 is 1.19 bits per heavy atom. The van der Waals surface area contributed by atoms with Crippen LogP contribution in [0.3, 0.4) is 0 Å². The second-order valence-corrected chi connectivity index (χ2v) is 9.78. The predicted molar refractivity (Wildman–Crippen MR) is 121 cm³/mol. The number of carbonyl (C=O) groups is 2. The highest BCUT2D eigenvalue weighted by Gasteiger charge is 2.57. The lowest BCUT2D eigenvalue weighted by Gasteiger charge is -2.38. The number of carboxylic acid groups (broad SMARTS) is 2. The van der Waals surface area contributed by atoms with E-state index in [-0.39, 0.29) is 24.7 Å². The lowest BCUT2D eigenvalue weighted by Crippen LogP contribution is -2.53. The number of hydrogen-bond acceptors (Lipinski definition) is 7. The van der Waals surface area contributed by atoms with Crippen molar-refractivity contribution in [2.24, 2.45) is 17.3 Å². The van der Waals surface area contributed by atoms with Gasteiger partial charge in [0.05, 0.1) is 5.41 Å². The molecule has 6 N–H and O–H groups in total. The van der Waals surface area contributed by atoms with Crippen LogP contribution in [0.4, 0.5) is 0 Å². The average molecular weight is 484 g/mol. The summed E-state index contributed by atoms with van der Waals surface area (Å²) in [6.07, 6.45) is 6.02. The topological polar surface area (TPSA) is 190 Å². The molecule has 0 amide bonds. The molecule has 0 spiro atoms. The minimum absolute atomic E-state index is 0.0712. The van der Waals surface area contributed by atoms with E-state index in [2.05, 4.69) is 0 Å². The third kappa shape index (κ3) is 12.1. The molecule has 0 aliphatic carbocycles. The maximum absolute atomic E-state index is 12.4. The van der Waals surface area contributed by atoms with Crippen LogP contribution in [-0.2, 0) is 19.7 Å². The van der Waals surface area contributed by atoms with Crippen molar-refractivity contribution < 1.29 is 47.8 Å². The molecule has 0 saturated carbocycles. The largest absolute Gasteiger partial charge is 0.631 e. The van der Waals surface area contributed by atoms with Gasteiger partial charge >= 0.3 is 19.3 Å². The highest BCUT2D eigenvalue weighted by molar-refractivity contribution is 7.87. The molecule has 0 aromatic rings. The highest BCUT2D eigenvalue weighted by Crippen LogP contribution is 2.44. The van der Waals surface area contributed by atoms with E-state index in [1.807, 2.05) is 27.7 Å².